The van der Waals surface area contributed by atoms with Gasteiger partial charge in [-0.25, -0.2) is 0 Å². The van der Waals surface area contributed by atoms with Crippen molar-refractivity contribution in [3.05, 3.63) is 0 Å². The summed E-state index contributed by atoms with van der Waals surface area (Å²) in [5.41, 5.74) is 0. The van der Waals surface area contributed by atoms with Crippen LogP contribution in [0.2, 0.25) is 0 Å². The van der Waals surface area contributed by atoms with Gasteiger partial charge in [0.2, 0.25) is 11.9 Å². The van der Waals surface area contributed by atoms with Crippen LogP contribution in [0.5, 0.6) is 6.01 Å². The van der Waals surface area contributed by atoms with Crippen LogP contribution in [-0.2, 0) is 0 Å². The van der Waals surface area contributed by atoms with Crippen molar-refractivity contribution in [1.29, 1.82) is 0 Å². The quantitative estimate of drug-likeness (QED) is 0.765. The summed E-state index contributed by atoms with van der Waals surface area (Å²) in [6, 6.07) is 0.823. The van der Waals surface area contributed by atoms with E-state index in [1.807, 2.05) is 25.6 Å². The Labute approximate surface area is 130 Å². The number of ether oxygens (including phenoxy) is 1. The molecule has 1 fully saturated rings. The second-order valence-electron chi connectivity index (χ2n) is 4.96. The van der Waals surface area contributed by atoms with Gasteiger partial charge in [-0.05, 0) is 38.9 Å². The van der Waals surface area contributed by atoms with Crippen molar-refractivity contribution >= 4 is 23.7 Å². The smallest absolute Gasteiger partial charge is 0.323 e. The molecule has 0 bridgehead atoms. The van der Waals surface area contributed by atoms with Crippen molar-refractivity contribution in [3.63, 3.8) is 0 Å². The van der Waals surface area contributed by atoms with E-state index in [0.29, 0.717) is 30.6 Å². The molecule has 1 aliphatic rings. The minimum Gasteiger partial charge on any atom is -0.464 e. The predicted molar refractivity (Wildman–Crippen MR) is 88.3 cm³/mol. The normalized spacial score (nSPS) is 21.3. The highest BCUT2D eigenvalue weighted by Crippen LogP contribution is 2.31. The molecule has 2 N–H and O–H groups in total. The van der Waals surface area contributed by atoms with E-state index in [0.717, 1.165) is 11.8 Å². The molecule has 7 heteroatoms. The Morgan fingerprint density at radius 3 is 2.67 bits per heavy atom. The van der Waals surface area contributed by atoms with Crippen molar-refractivity contribution in [3.8, 4) is 6.01 Å². The van der Waals surface area contributed by atoms with E-state index in [4.69, 9.17) is 4.74 Å². The first-order valence-corrected chi connectivity index (χ1v) is 8.80. The van der Waals surface area contributed by atoms with Gasteiger partial charge in [0, 0.05) is 17.8 Å². The second-order valence-corrected chi connectivity index (χ2v) is 6.54. The van der Waals surface area contributed by atoms with Gasteiger partial charge in [-0.2, -0.15) is 26.7 Å². The lowest BCUT2D eigenvalue weighted by atomic mass is 10.2. The van der Waals surface area contributed by atoms with E-state index >= 15 is 0 Å². The molecule has 1 aliphatic carbocycles. The molecule has 0 spiro atoms. The fourth-order valence-corrected chi connectivity index (χ4v) is 3.64. The van der Waals surface area contributed by atoms with E-state index in [1.165, 1.54) is 25.0 Å². The SMILES string of the molecule is CCNc1nc(NC2CCC(SCC)C2)nc(OCC)n1. The summed E-state index contributed by atoms with van der Waals surface area (Å²) >= 11 is 2.05. The molecule has 2 atom stereocenters. The first-order chi connectivity index (χ1) is 10.2. The lowest BCUT2D eigenvalue weighted by Gasteiger charge is -2.14. The molecule has 2 unspecified atom stereocenters. The lowest BCUT2D eigenvalue weighted by molar-refractivity contribution is 0.312. The molecule has 1 heterocycles. The summed E-state index contributed by atoms with van der Waals surface area (Å²) in [6.45, 7) is 7.48. The summed E-state index contributed by atoms with van der Waals surface area (Å²) in [6.07, 6.45) is 3.61. The van der Waals surface area contributed by atoms with Crippen molar-refractivity contribution in [1.82, 2.24) is 15.0 Å². The van der Waals surface area contributed by atoms with Crippen LogP contribution in [0.15, 0.2) is 0 Å². The van der Waals surface area contributed by atoms with Gasteiger partial charge in [0.1, 0.15) is 0 Å². The Balaban J connectivity index is 2.01. The molecule has 1 saturated carbocycles. The Hall–Kier alpha value is -1.24. The minimum atomic E-state index is 0.378. The summed E-state index contributed by atoms with van der Waals surface area (Å²) in [5.74, 6) is 2.36. The molecular weight excluding hydrogens is 286 g/mol. The average molecular weight is 311 g/mol. The Kier molecular flexibility index (Phi) is 6.35. The highest BCUT2D eigenvalue weighted by Gasteiger charge is 2.25. The van der Waals surface area contributed by atoms with Crippen LogP contribution in [-0.4, -0.2) is 45.1 Å². The monoisotopic (exact) mass is 311 g/mol. The van der Waals surface area contributed by atoms with E-state index in [9.17, 15) is 0 Å². The summed E-state index contributed by atoms with van der Waals surface area (Å²) < 4.78 is 5.41. The third-order valence-corrected chi connectivity index (χ3v) is 4.58. The first-order valence-electron chi connectivity index (χ1n) is 7.76. The number of hydrogen-bond acceptors (Lipinski definition) is 7. The number of rotatable bonds is 8. The topological polar surface area (TPSA) is 72.0 Å². The highest BCUT2D eigenvalue weighted by atomic mass is 32.2. The van der Waals surface area contributed by atoms with Crippen LogP contribution in [0.25, 0.3) is 0 Å². The van der Waals surface area contributed by atoms with Crippen LogP contribution < -0.4 is 15.4 Å². The largest absolute Gasteiger partial charge is 0.464 e. The van der Waals surface area contributed by atoms with Crippen molar-refractivity contribution in [2.45, 2.75) is 51.3 Å². The number of anilines is 2. The molecule has 0 radical (unpaired) electrons. The van der Waals surface area contributed by atoms with Crippen LogP contribution >= 0.6 is 11.8 Å². The van der Waals surface area contributed by atoms with Crippen molar-refractivity contribution < 1.29 is 4.74 Å². The molecule has 0 aromatic carbocycles. The number of aromatic nitrogens is 3. The third kappa shape index (κ3) is 4.91. The summed E-state index contributed by atoms with van der Waals surface area (Å²) in [4.78, 5) is 13.0. The van der Waals surface area contributed by atoms with Crippen LogP contribution in [0, 0.1) is 0 Å². The highest BCUT2D eigenvalue weighted by molar-refractivity contribution is 7.99. The zero-order chi connectivity index (χ0) is 15.1. The maximum absolute atomic E-state index is 5.41. The van der Waals surface area contributed by atoms with Gasteiger partial charge in [-0.1, -0.05) is 6.92 Å². The van der Waals surface area contributed by atoms with Gasteiger partial charge >= 0.3 is 6.01 Å². The van der Waals surface area contributed by atoms with E-state index in [1.54, 1.807) is 0 Å². The lowest BCUT2D eigenvalue weighted by Crippen LogP contribution is -2.19. The zero-order valence-corrected chi connectivity index (χ0v) is 13.9. The molecule has 0 saturated heterocycles. The van der Waals surface area contributed by atoms with Crippen molar-refractivity contribution in [2.75, 3.05) is 29.5 Å². The zero-order valence-electron chi connectivity index (χ0n) is 13.1. The van der Waals surface area contributed by atoms with Crippen LogP contribution in [0.4, 0.5) is 11.9 Å². The van der Waals surface area contributed by atoms with Gasteiger partial charge in [-0.3, -0.25) is 0 Å². The number of hydrogen-bond donors (Lipinski definition) is 2. The second kappa shape index (κ2) is 8.26. The molecule has 21 heavy (non-hydrogen) atoms. The van der Waals surface area contributed by atoms with Gasteiger partial charge in [0.05, 0.1) is 6.61 Å². The maximum Gasteiger partial charge on any atom is 0.323 e. The van der Waals surface area contributed by atoms with Gasteiger partial charge in [0.15, 0.2) is 0 Å². The fraction of sp³-hybridized carbons (Fsp3) is 0.786. The molecule has 0 amide bonds. The summed E-state index contributed by atoms with van der Waals surface area (Å²) in [7, 11) is 0. The van der Waals surface area contributed by atoms with Gasteiger partial charge in [0.25, 0.3) is 0 Å². The third-order valence-electron chi connectivity index (χ3n) is 3.34. The number of thioether (sulfide) groups is 1. The molecule has 1 aromatic heterocycles. The van der Waals surface area contributed by atoms with Crippen LogP contribution in [0.3, 0.4) is 0 Å². The van der Waals surface area contributed by atoms with Crippen LogP contribution in [0.1, 0.15) is 40.0 Å². The molecule has 6 nitrogen and oxygen atoms in total. The summed E-state index contributed by atoms with van der Waals surface area (Å²) in [5, 5.41) is 7.30. The van der Waals surface area contributed by atoms with E-state index < -0.39 is 0 Å². The van der Waals surface area contributed by atoms with Gasteiger partial charge in [-0.15, -0.1) is 0 Å². The molecule has 2 rings (SSSR count). The Bertz CT molecular complexity index is 421. The molecule has 1 aromatic rings. The number of nitrogens with one attached hydrogen (secondary N) is 2. The molecule has 118 valence electrons. The molecule has 0 aliphatic heterocycles. The predicted octanol–water partition coefficient (Wildman–Crippen LogP) is 2.79. The Morgan fingerprint density at radius 2 is 1.95 bits per heavy atom. The van der Waals surface area contributed by atoms with E-state index in [-0.39, 0.29) is 0 Å². The molecular formula is C14H25N5OS. The number of nitrogens with zero attached hydrogens (tertiary/aromatic N) is 3. The first kappa shape index (κ1) is 16.1. The Morgan fingerprint density at radius 1 is 1.14 bits per heavy atom. The average Bonchev–Trinajstić information content (AvgIpc) is 2.87. The van der Waals surface area contributed by atoms with Crippen molar-refractivity contribution in [2.24, 2.45) is 0 Å². The van der Waals surface area contributed by atoms with Gasteiger partial charge < -0.3 is 15.4 Å². The van der Waals surface area contributed by atoms with E-state index in [2.05, 4.69) is 32.5 Å². The standard InChI is InChI=1S/C14H25N5OS/c1-4-15-12-17-13(19-14(18-12)20-5-2)16-10-7-8-11(9-10)21-6-3/h10-11H,4-9H2,1-3H3,(H2,15,16,17,18,19). The maximum atomic E-state index is 5.41. The minimum absolute atomic E-state index is 0.378. The fourth-order valence-electron chi connectivity index (χ4n) is 2.49.